The Morgan fingerprint density at radius 3 is 1.42 bits per heavy atom. The summed E-state index contributed by atoms with van der Waals surface area (Å²) >= 11 is 0. The molecular formula is C57H70N12O6Si3. The van der Waals surface area contributed by atoms with Gasteiger partial charge in [-0.2, -0.15) is 0 Å². The average Bonchev–Trinajstić information content (AvgIpc) is 3.08. The summed E-state index contributed by atoms with van der Waals surface area (Å²) in [5, 5.41) is 9.71. The van der Waals surface area contributed by atoms with E-state index in [1.807, 2.05) is 72.8 Å². The summed E-state index contributed by atoms with van der Waals surface area (Å²) in [5.41, 5.74) is 16.3. The van der Waals surface area contributed by atoms with E-state index >= 15 is 0 Å². The van der Waals surface area contributed by atoms with Crippen LogP contribution in [0.3, 0.4) is 0 Å². The van der Waals surface area contributed by atoms with Crippen molar-refractivity contribution in [2.24, 2.45) is 47.3 Å². The molecule has 78 heavy (non-hydrogen) atoms. The molecule has 2 amide bonds. The van der Waals surface area contributed by atoms with E-state index in [1.165, 1.54) is 7.11 Å². The number of rotatable bonds is 24. The van der Waals surface area contributed by atoms with Crippen molar-refractivity contribution in [3.8, 4) is 0 Å². The molecule has 0 fully saturated rings. The van der Waals surface area contributed by atoms with Crippen LogP contribution in [0, 0.1) is 5.92 Å². The van der Waals surface area contributed by atoms with Crippen LogP contribution in [-0.2, 0) is 27.4 Å². The molecule has 0 saturated heterocycles. The zero-order valence-electron chi connectivity index (χ0n) is 45.3. The molecule has 1 unspecified atom stereocenters. The molecule has 0 aliphatic carbocycles. The van der Waals surface area contributed by atoms with Gasteiger partial charge in [0, 0.05) is 75.6 Å². The van der Waals surface area contributed by atoms with E-state index < -0.39 is 25.5 Å². The molecule has 6 aromatic rings. The summed E-state index contributed by atoms with van der Waals surface area (Å²) < 4.78 is 25.8. The van der Waals surface area contributed by atoms with Gasteiger partial charge < -0.3 is 35.1 Å². The minimum absolute atomic E-state index is 0.0240. The molecule has 0 saturated carbocycles. The van der Waals surface area contributed by atoms with Crippen molar-refractivity contribution >= 4 is 99.8 Å². The van der Waals surface area contributed by atoms with Crippen LogP contribution in [0.25, 0.3) is 21.5 Å². The van der Waals surface area contributed by atoms with Gasteiger partial charge in [-0.3, -0.25) is 22.8 Å². The van der Waals surface area contributed by atoms with Crippen LogP contribution in [0.1, 0.15) is 86.5 Å². The second-order valence-corrected chi connectivity index (χ2v) is 33.2. The topological polar surface area (TPSA) is 239 Å². The van der Waals surface area contributed by atoms with Gasteiger partial charge in [0.25, 0.3) is 0 Å². The van der Waals surface area contributed by atoms with Gasteiger partial charge in [0.1, 0.15) is 22.6 Å². The van der Waals surface area contributed by atoms with Gasteiger partial charge in [-0.05, 0) is 103 Å². The fourth-order valence-electron chi connectivity index (χ4n) is 11.0. The van der Waals surface area contributed by atoms with Crippen LogP contribution in [-0.4, -0.2) is 108 Å². The number of nitrogens with two attached hydrogens (primary N) is 2. The van der Waals surface area contributed by atoms with Crippen molar-refractivity contribution in [2.75, 3.05) is 33.3 Å². The number of carbonyl (C=O) groups excluding carboxylic acids is 3. The lowest BCUT2D eigenvalue weighted by Crippen LogP contribution is -2.70. The van der Waals surface area contributed by atoms with E-state index in [-0.39, 0.29) is 30.1 Å². The number of aromatic nitrogens is 2. The largest absolute Gasteiger partial charge is 0.582 e. The number of benzene rings is 4. The van der Waals surface area contributed by atoms with E-state index in [1.54, 1.807) is 0 Å². The Bertz CT molecular complexity index is 3390. The highest BCUT2D eigenvalue weighted by molar-refractivity contribution is 6.88. The van der Waals surface area contributed by atoms with Gasteiger partial charge in [0.2, 0.25) is 11.8 Å². The number of unbranched alkanes of at least 4 members (excludes halogenated alkanes) is 1. The number of methoxy groups -OCH3 is 1. The molecule has 6 N–H and O–H groups in total. The van der Waals surface area contributed by atoms with Crippen LogP contribution in [0.2, 0.25) is 38.3 Å². The van der Waals surface area contributed by atoms with Gasteiger partial charge >= 0.3 is 14.9 Å². The molecule has 10 rings (SSSR count). The van der Waals surface area contributed by atoms with Crippen molar-refractivity contribution in [1.82, 2.24) is 19.1 Å². The molecule has 4 aliphatic heterocycles. The highest BCUT2D eigenvalue weighted by Crippen LogP contribution is 2.45. The maximum absolute atomic E-state index is 13.7. The molecule has 21 heteroatoms. The molecular weight excluding hydrogens is 1030 g/mol. The monoisotopic (exact) mass is 1100 g/mol. The summed E-state index contributed by atoms with van der Waals surface area (Å²) in [7, 11) is -9.15. The Labute approximate surface area is 457 Å². The van der Waals surface area contributed by atoms with Gasteiger partial charge in [-0.1, -0.05) is 97.1 Å². The number of hydrogen-bond donors (Lipinski definition) is 4. The maximum Gasteiger partial charge on any atom is 0.582 e. The number of carbonyl (C=O) groups is 3. The number of ether oxygens (including phenoxy) is 1. The molecule has 1 atom stereocenters. The molecule has 6 bridgehead atoms. The number of fused-ring (bicyclic) bond motifs is 14. The van der Waals surface area contributed by atoms with Gasteiger partial charge in [-0.25, -0.2) is 30.0 Å². The summed E-state index contributed by atoms with van der Waals surface area (Å²) in [5.74, 6) is 2.68. The fraction of sp³-hybridized carbons (Fsp3) is 0.386. The molecule has 4 aromatic carbocycles. The first kappa shape index (κ1) is 54.5. The first-order valence-electron chi connectivity index (χ1n) is 27.4. The maximum atomic E-state index is 13.7. The molecule has 18 nitrogen and oxygen atoms in total. The van der Waals surface area contributed by atoms with Crippen molar-refractivity contribution in [1.29, 1.82) is 0 Å². The third-order valence-corrected chi connectivity index (χ3v) is 26.5. The summed E-state index contributed by atoms with van der Waals surface area (Å²) in [6, 6.07) is 33.8. The number of esters is 1. The zero-order valence-corrected chi connectivity index (χ0v) is 48.3. The average molecular weight is 1100 g/mol. The molecule has 2 aromatic heterocycles. The third-order valence-electron chi connectivity index (χ3n) is 14.8. The van der Waals surface area contributed by atoms with E-state index in [0.29, 0.717) is 129 Å². The second kappa shape index (κ2) is 23.2. The van der Waals surface area contributed by atoms with Gasteiger partial charge in [0.15, 0.2) is 40.0 Å². The van der Waals surface area contributed by atoms with Crippen molar-refractivity contribution in [2.45, 2.75) is 102 Å². The fourth-order valence-corrected chi connectivity index (χ4v) is 23.5. The number of amidine groups is 4. The van der Waals surface area contributed by atoms with E-state index in [0.717, 1.165) is 56.6 Å². The third kappa shape index (κ3) is 11.1. The number of nitrogens with zero attached hydrogens (tertiary/aromatic N) is 8. The number of nitrogens with one attached hydrogen (secondary N) is 2. The van der Waals surface area contributed by atoms with Gasteiger partial charge in [0.05, 0.1) is 7.11 Å². The van der Waals surface area contributed by atoms with Crippen LogP contribution >= 0.6 is 0 Å². The first-order chi connectivity index (χ1) is 37.7. The normalized spacial score (nSPS) is 16.1. The lowest BCUT2D eigenvalue weighted by Gasteiger charge is -2.43. The van der Waals surface area contributed by atoms with E-state index in [2.05, 4.69) is 69.6 Å². The molecule has 6 heterocycles. The Morgan fingerprint density at radius 2 is 0.962 bits per heavy atom. The SMILES string of the molecule is COC(=O)CCCCC(=O)NCCC[Si](C)(C)O[Si]1(O[Si](C)(C)CCCNC(=O)C(CCCN)CCCN)n2c3c4ccccc4c2N=C2N=C(N=c4c5ccccc5c(n41)=NC1=NC(=N3)c3ccccc31)c1ccccc12. The minimum Gasteiger partial charge on any atom is -0.469 e. The Morgan fingerprint density at radius 1 is 0.538 bits per heavy atom. The minimum atomic E-state index is -4.52. The Hall–Kier alpha value is -6.86. The Balaban J connectivity index is 1.18. The van der Waals surface area contributed by atoms with Gasteiger partial charge in [-0.15, -0.1) is 0 Å². The highest BCUT2D eigenvalue weighted by Gasteiger charge is 2.58. The van der Waals surface area contributed by atoms with Crippen LogP contribution in [0.15, 0.2) is 127 Å². The Kier molecular flexibility index (Phi) is 16.2. The molecule has 0 spiro atoms. The molecule has 406 valence electrons. The van der Waals surface area contributed by atoms with Crippen LogP contribution in [0.5, 0.6) is 0 Å². The zero-order chi connectivity index (χ0) is 54.6. The summed E-state index contributed by atoms with van der Waals surface area (Å²) in [4.78, 5) is 71.6. The number of hydrogen-bond acceptors (Lipinski definition) is 14. The smallest absolute Gasteiger partial charge is 0.469 e. The predicted octanol–water partition coefficient (Wildman–Crippen LogP) is 7.65. The summed E-state index contributed by atoms with van der Waals surface area (Å²) in [6.45, 7) is 10.8. The van der Waals surface area contributed by atoms with Crippen molar-refractivity contribution in [3.05, 3.63) is 130 Å². The number of aliphatic imine (C=N–C) groups is 4. The van der Waals surface area contributed by atoms with Crippen molar-refractivity contribution in [3.63, 3.8) is 0 Å². The first-order valence-corrected chi connectivity index (χ1v) is 35.4. The standard InChI is InChI=1S/C57H70N12O6Si3/c1-73-48(71)31-15-14-30-47(70)60-34-18-36-76(2,3)74-78(75-77(4,5)37-19-35-61-57(72)38(20-16-32-58)21-17-33-59)68-53-43-26-10-11-27-44(43)55(68)66-51-41-24-8-9-25-42(41)52(63-51)67-56-46-29-13-12-28-45(46)54(69(56)78)65-50-40-23-7-6-22-39(40)49(62-50)64-53/h6-13,22-29,38H,14-21,30-37,58-59H2,1-5H3,(H,60,70)(H,61,72). The van der Waals surface area contributed by atoms with Crippen LogP contribution < -0.4 is 33.1 Å². The van der Waals surface area contributed by atoms with E-state index in [4.69, 9.17) is 54.4 Å². The summed E-state index contributed by atoms with van der Waals surface area (Å²) in [6.07, 6.45) is 5.99. The second-order valence-electron chi connectivity index (χ2n) is 21.6. The molecule has 0 radical (unpaired) electrons. The predicted molar refractivity (Wildman–Crippen MR) is 314 cm³/mol. The van der Waals surface area contributed by atoms with E-state index in [9.17, 15) is 14.4 Å². The quantitative estimate of drug-likeness (QED) is 0.0266. The van der Waals surface area contributed by atoms with Crippen molar-refractivity contribution < 1.29 is 27.4 Å². The van der Waals surface area contributed by atoms with Crippen LogP contribution in [0.4, 0.5) is 11.6 Å². The lowest BCUT2D eigenvalue weighted by atomic mass is 9.96. The highest BCUT2D eigenvalue weighted by atomic mass is 28.5. The molecule has 4 aliphatic rings. The lowest BCUT2D eigenvalue weighted by molar-refractivity contribution is -0.140. The number of amides is 2.